The summed E-state index contributed by atoms with van der Waals surface area (Å²) < 4.78 is 19.6. The topological polar surface area (TPSA) is 70.7 Å². The van der Waals surface area contributed by atoms with Gasteiger partial charge in [-0.05, 0) is 76.0 Å². The van der Waals surface area contributed by atoms with Gasteiger partial charge < -0.3 is 20.3 Å². The fourth-order valence-electron chi connectivity index (χ4n) is 3.97. The third-order valence-electron chi connectivity index (χ3n) is 6.05. The molecule has 2 N–H and O–H groups in total. The van der Waals surface area contributed by atoms with E-state index in [4.69, 9.17) is 4.74 Å². The first-order chi connectivity index (χ1) is 15.4. The van der Waals surface area contributed by atoms with Crippen molar-refractivity contribution in [2.24, 2.45) is 5.92 Å². The van der Waals surface area contributed by atoms with Gasteiger partial charge in [-0.25, -0.2) is 4.39 Å². The zero-order chi connectivity index (χ0) is 23.1. The Morgan fingerprint density at radius 1 is 1.09 bits per heavy atom. The van der Waals surface area contributed by atoms with Gasteiger partial charge in [0.2, 0.25) is 5.91 Å². The van der Waals surface area contributed by atoms with Crippen LogP contribution in [0.5, 0.6) is 5.75 Å². The molecule has 1 saturated heterocycles. The molecule has 32 heavy (non-hydrogen) atoms. The normalized spacial score (nSPS) is 15.9. The van der Waals surface area contributed by atoms with Crippen molar-refractivity contribution in [2.45, 2.75) is 38.8 Å². The van der Waals surface area contributed by atoms with Crippen molar-refractivity contribution < 1.29 is 18.7 Å². The number of piperidine rings is 1. The number of amides is 2. The molecule has 0 radical (unpaired) electrons. The number of ether oxygens (including phenoxy) is 1. The van der Waals surface area contributed by atoms with Crippen molar-refractivity contribution in [3.05, 3.63) is 65.5 Å². The van der Waals surface area contributed by atoms with E-state index in [0.717, 1.165) is 25.9 Å². The van der Waals surface area contributed by atoms with Crippen molar-refractivity contribution in [2.75, 3.05) is 26.7 Å². The van der Waals surface area contributed by atoms with Crippen LogP contribution in [-0.2, 0) is 4.79 Å². The number of hydrogen-bond donors (Lipinski definition) is 2. The van der Waals surface area contributed by atoms with E-state index < -0.39 is 23.7 Å². The van der Waals surface area contributed by atoms with Crippen LogP contribution in [0.3, 0.4) is 0 Å². The van der Waals surface area contributed by atoms with Gasteiger partial charge in [0, 0.05) is 23.7 Å². The van der Waals surface area contributed by atoms with Crippen LogP contribution in [0.4, 0.5) is 4.39 Å². The van der Waals surface area contributed by atoms with E-state index in [-0.39, 0.29) is 5.56 Å². The Balaban J connectivity index is 1.68. The van der Waals surface area contributed by atoms with E-state index in [1.807, 2.05) is 0 Å². The highest BCUT2D eigenvalue weighted by atomic mass is 19.1. The number of carbonyl (C=O) groups is 2. The van der Waals surface area contributed by atoms with Gasteiger partial charge >= 0.3 is 0 Å². The quantitative estimate of drug-likeness (QED) is 0.657. The lowest BCUT2D eigenvalue weighted by atomic mass is 9.95. The molecule has 0 spiro atoms. The largest absolute Gasteiger partial charge is 0.497 e. The highest BCUT2D eigenvalue weighted by molar-refractivity contribution is 5.98. The van der Waals surface area contributed by atoms with Gasteiger partial charge in [0.15, 0.2) is 0 Å². The highest BCUT2D eigenvalue weighted by Crippen LogP contribution is 2.21. The Hall–Kier alpha value is -2.93. The smallest absolute Gasteiger partial charge is 0.252 e. The molecule has 1 atom stereocenters. The molecule has 2 aromatic rings. The molecule has 2 aromatic carbocycles. The van der Waals surface area contributed by atoms with Gasteiger partial charge in [-0.3, -0.25) is 9.59 Å². The van der Waals surface area contributed by atoms with E-state index in [1.165, 1.54) is 12.1 Å². The maximum absolute atomic E-state index is 14.5. The lowest BCUT2D eigenvalue weighted by Crippen LogP contribution is -2.45. The minimum absolute atomic E-state index is 0.140. The number of carbonyl (C=O) groups excluding carboxylic acids is 2. The summed E-state index contributed by atoms with van der Waals surface area (Å²) in [6.45, 7) is 6.89. The van der Waals surface area contributed by atoms with Crippen molar-refractivity contribution in [1.29, 1.82) is 0 Å². The van der Waals surface area contributed by atoms with Crippen molar-refractivity contribution in [3.63, 3.8) is 0 Å². The van der Waals surface area contributed by atoms with E-state index >= 15 is 0 Å². The van der Waals surface area contributed by atoms with Crippen molar-refractivity contribution in [3.8, 4) is 5.75 Å². The molecule has 1 aliphatic heterocycles. The number of benzene rings is 2. The third kappa shape index (κ3) is 6.07. The summed E-state index contributed by atoms with van der Waals surface area (Å²) in [5.41, 5.74) is 0.502. The molecule has 1 fully saturated rings. The molecular formula is C25H32FN3O3. The lowest BCUT2D eigenvalue weighted by molar-refractivity contribution is -0.123. The third-order valence-corrected chi connectivity index (χ3v) is 6.05. The van der Waals surface area contributed by atoms with E-state index in [2.05, 4.69) is 29.4 Å². The highest BCUT2D eigenvalue weighted by Gasteiger charge is 2.27. The summed E-state index contributed by atoms with van der Waals surface area (Å²) in [7, 11) is 1.54. The minimum Gasteiger partial charge on any atom is -0.497 e. The number of likely N-dealkylation sites (tertiary alicyclic amines) is 1. The summed E-state index contributed by atoms with van der Waals surface area (Å²) >= 11 is 0. The SMILES string of the molecule is COc1ccc(C(=O)NC(C(=O)NCC2CCN(C(C)C)CC2)c2ccccc2F)cc1. The first-order valence-electron chi connectivity index (χ1n) is 11.1. The number of methoxy groups -OCH3 is 1. The van der Waals surface area contributed by atoms with Crippen LogP contribution in [0.2, 0.25) is 0 Å². The summed E-state index contributed by atoms with van der Waals surface area (Å²) in [5.74, 6) is -0.418. The van der Waals surface area contributed by atoms with E-state index in [0.29, 0.717) is 29.8 Å². The Kier molecular flexibility index (Phi) is 8.22. The predicted octanol–water partition coefficient (Wildman–Crippen LogP) is 3.54. The summed E-state index contributed by atoms with van der Waals surface area (Å²) in [6.07, 6.45) is 2.00. The zero-order valence-corrected chi connectivity index (χ0v) is 18.9. The first-order valence-corrected chi connectivity index (χ1v) is 11.1. The molecule has 1 unspecified atom stereocenters. The fraction of sp³-hybridized carbons (Fsp3) is 0.440. The van der Waals surface area contributed by atoms with Crippen LogP contribution < -0.4 is 15.4 Å². The number of nitrogens with zero attached hydrogens (tertiary/aromatic N) is 1. The Labute approximate surface area is 189 Å². The maximum atomic E-state index is 14.5. The summed E-state index contributed by atoms with van der Waals surface area (Å²) in [5, 5.41) is 5.64. The monoisotopic (exact) mass is 441 g/mol. The first kappa shape index (κ1) is 23.7. The minimum atomic E-state index is -1.12. The lowest BCUT2D eigenvalue weighted by Gasteiger charge is -2.34. The molecule has 6 nitrogen and oxygen atoms in total. The van der Waals surface area contributed by atoms with Gasteiger partial charge in [0.05, 0.1) is 7.11 Å². The van der Waals surface area contributed by atoms with Crippen molar-refractivity contribution in [1.82, 2.24) is 15.5 Å². The fourth-order valence-corrected chi connectivity index (χ4v) is 3.97. The van der Waals surface area contributed by atoms with Gasteiger partial charge in [0.25, 0.3) is 5.91 Å². The number of nitrogens with one attached hydrogen (secondary N) is 2. The molecule has 1 aliphatic rings. The molecule has 7 heteroatoms. The Morgan fingerprint density at radius 2 is 1.75 bits per heavy atom. The second-order valence-electron chi connectivity index (χ2n) is 8.47. The molecule has 0 aromatic heterocycles. The Morgan fingerprint density at radius 3 is 2.34 bits per heavy atom. The van der Waals surface area contributed by atoms with Gasteiger partial charge in [0.1, 0.15) is 17.6 Å². The zero-order valence-electron chi connectivity index (χ0n) is 18.9. The average Bonchev–Trinajstić information content (AvgIpc) is 2.81. The van der Waals surface area contributed by atoms with Crippen LogP contribution in [0.1, 0.15) is 48.7 Å². The van der Waals surface area contributed by atoms with Crippen LogP contribution in [0, 0.1) is 11.7 Å². The summed E-state index contributed by atoms with van der Waals surface area (Å²) in [4.78, 5) is 28.3. The number of hydrogen-bond acceptors (Lipinski definition) is 4. The molecule has 0 aliphatic carbocycles. The van der Waals surface area contributed by atoms with E-state index in [9.17, 15) is 14.0 Å². The maximum Gasteiger partial charge on any atom is 0.252 e. The Bertz CT molecular complexity index is 909. The van der Waals surface area contributed by atoms with E-state index in [1.54, 1.807) is 43.5 Å². The average molecular weight is 442 g/mol. The van der Waals surface area contributed by atoms with Gasteiger partial charge in [-0.15, -0.1) is 0 Å². The predicted molar refractivity (Wildman–Crippen MR) is 122 cm³/mol. The van der Waals surface area contributed by atoms with Gasteiger partial charge in [-0.1, -0.05) is 18.2 Å². The van der Waals surface area contributed by atoms with Crippen molar-refractivity contribution >= 4 is 11.8 Å². The van der Waals surface area contributed by atoms with Crippen LogP contribution in [0.25, 0.3) is 0 Å². The molecule has 3 rings (SSSR count). The van der Waals surface area contributed by atoms with Gasteiger partial charge in [-0.2, -0.15) is 0 Å². The van der Waals surface area contributed by atoms with Crippen LogP contribution in [0.15, 0.2) is 48.5 Å². The van der Waals surface area contributed by atoms with Crippen LogP contribution >= 0.6 is 0 Å². The molecular weight excluding hydrogens is 409 g/mol. The second-order valence-corrected chi connectivity index (χ2v) is 8.47. The number of halogens is 1. The van der Waals surface area contributed by atoms with Crippen LogP contribution in [-0.4, -0.2) is 49.5 Å². The molecule has 2 amide bonds. The second kappa shape index (κ2) is 11.1. The molecule has 0 saturated carbocycles. The molecule has 0 bridgehead atoms. The summed E-state index contributed by atoms with van der Waals surface area (Å²) in [6, 6.07) is 12.0. The number of rotatable bonds is 8. The standard InChI is InChI=1S/C25H32FN3O3/c1-17(2)29-14-12-18(13-15-29)16-27-25(31)23(21-6-4-5-7-22(21)26)28-24(30)19-8-10-20(32-3)11-9-19/h4-11,17-18,23H,12-16H2,1-3H3,(H,27,31)(H,28,30). The molecule has 172 valence electrons. The molecule has 1 heterocycles.